The van der Waals surface area contributed by atoms with Crippen LogP contribution in [0.4, 0.5) is 4.79 Å². The molecular weight excluding hydrogens is 498 g/mol. The van der Waals surface area contributed by atoms with Crippen molar-refractivity contribution in [2.24, 2.45) is 29.6 Å². The van der Waals surface area contributed by atoms with Crippen molar-refractivity contribution in [2.75, 3.05) is 27.4 Å². The summed E-state index contributed by atoms with van der Waals surface area (Å²) in [6.07, 6.45) is 1.02. The number of alkyl carbamates (subject to hydrolysis) is 1. The number of benzene rings is 1. The molecular formula is C31H55NO7. The summed E-state index contributed by atoms with van der Waals surface area (Å²) >= 11 is 0. The summed E-state index contributed by atoms with van der Waals surface area (Å²) in [4.78, 5) is 12.8. The molecule has 0 unspecified atom stereocenters. The number of aliphatic hydroxyl groups is 2. The fourth-order valence-corrected chi connectivity index (χ4v) is 4.79. The highest BCUT2D eigenvalue weighted by Gasteiger charge is 2.31. The number of ether oxygens (including phenoxy) is 4. The Morgan fingerprint density at radius 1 is 0.949 bits per heavy atom. The first-order valence-corrected chi connectivity index (χ1v) is 14.3. The van der Waals surface area contributed by atoms with Gasteiger partial charge in [0.25, 0.3) is 0 Å². The minimum atomic E-state index is -1.41. The predicted molar refractivity (Wildman–Crippen MR) is 155 cm³/mol. The highest BCUT2D eigenvalue weighted by molar-refractivity contribution is 5.68. The van der Waals surface area contributed by atoms with E-state index in [4.69, 9.17) is 18.9 Å². The summed E-state index contributed by atoms with van der Waals surface area (Å²) < 4.78 is 22.2. The van der Waals surface area contributed by atoms with Gasteiger partial charge in [-0.2, -0.15) is 0 Å². The predicted octanol–water partition coefficient (Wildman–Crippen LogP) is 5.82. The van der Waals surface area contributed by atoms with Gasteiger partial charge >= 0.3 is 6.09 Å². The van der Waals surface area contributed by atoms with Crippen LogP contribution in [0, 0.1) is 29.6 Å². The Hall–Kier alpha value is -2.03. The van der Waals surface area contributed by atoms with Gasteiger partial charge in [-0.1, -0.05) is 40.7 Å². The van der Waals surface area contributed by atoms with Gasteiger partial charge in [-0.15, -0.1) is 0 Å². The highest BCUT2D eigenvalue weighted by atomic mass is 16.6. The van der Waals surface area contributed by atoms with Gasteiger partial charge in [-0.25, -0.2) is 4.79 Å². The van der Waals surface area contributed by atoms with E-state index in [1.54, 1.807) is 14.2 Å². The molecule has 0 bridgehead atoms. The zero-order chi connectivity index (χ0) is 29.8. The minimum Gasteiger partial charge on any atom is -0.493 e. The monoisotopic (exact) mass is 553 g/mol. The quantitative estimate of drug-likeness (QED) is 0.165. The molecule has 0 aliphatic heterocycles. The molecule has 226 valence electrons. The molecule has 0 aliphatic carbocycles. The Labute approximate surface area is 236 Å². The lowest BCUT2D eigenvalue weighted by atomic mass is 9.77. The number of amides is 1. The van der Waals surface area contributed by atoms with Crippen molar-refractivity contribution in [2.45, 2.75) is 99.0 Å². The number of nitrogens with one attached hydrogen (secondary N) is 1. The Bertz CT molecular complexity index is 827. The Balaban J connectivity index is 3.17. The second-order valence-corrected chi connectivity index (χ2v) is 12.4. The minimum absolute atomic E-state index is 0.00325. The van der Waals surface area contributed by atoms with Gasteiger partial charge in [0.05, 0.1) is 13.7 Å². The van der Waals surface area contributed by atoms with Gasteiger partial charge in [0.15, 0.2) is 17.8 Å². The third-order valence-electron chi connectivity index (χ3n) is 7.25. The van der Waals surface area contributed by atoms with Crippen LogP contribution in [0.15, 0.2) is 18.2 Å². The Morgan fingerprint density at radius 2 is 1.62 bits per heavy atom. The summed E-state index contributed by atoms with van der Waals surface area (Å²) in [5.41, 5.74) is 0.519. The summed E-state index contributed by atoms with van der Waals surface area (Å²) in [5.74, 6) is 1.80. The van der Waals surface area contributed by atoms with Gasteiger partial charge in [0.2, 0.25) is 0 Å². The van der Waals surface area contributed by atoms with Crippen LogP contribution in [0.25, 0.3) is 0 Å². The van der Waals surface area contributed by atoms with Crippen LogP contribution in [0.3, 0.4) is 0 Å². The van der Waals surface area contributed by atoms with Crippen LogP contribution in [0.5, 0.6) is 11.5 Å². The van der Waals surface area contributed by atoms with Crippen molar-refractivity contribution in [1.82, 2.24) is 5.32 Å². The van der Waals surface area contributed by atoms with Crippen molar-refractivity contribution in [3.8, 4) is 11.5 Å². The third kappa shape index (κ3) is 13.3. The van der Waals surface area contributed by atoms with Crippen LogP contribution in [-0.2, 0) is 15.9 Å². The van der Waals surface area contributed by atoms with Gasteiger partial charge in [0.1, 0.15) is 5.60 Å². The van der Waals surface area contributed by atoms with E-state index in [0.29, 0.717) is 37.1 Å². The van der Waals surface area contributed by atoms with Crippen molar-refractivity contribution in [3.63, 3.8) is 0 Å². The normalized spacial score (nSPS) is 15.3. The maximum Gasteiger partial charge on any atom is 0.407 e. The van der Waals surface area contributed by atoms with Crippen LogP contribution in [-0.4, -0.2) is 61.7 Å². The summed E-state index contributed by atoms with van der Waals surface area (Å²) in [6.45, 7) is 17.1. The Morgan fingerprint density at radius 3 is 2.13 bits per heavy atom. The lowest BCUT2D eigenvalue weighted by molar-refractivity contribution is -0.103. The van der Waals surface area contributed by atoms with Gasteiger partial charge in [-0.05, 0) is 81.4 Å². The first-order chi connectivity index (χ1) is 18.2. The van der Waals surface area contributed by atoms with Gasteiger partial charge < -0.3 is 34.5 Å². The number of rotatable bonds is 17. The summed E-state index contributed by atoms with van der Waals surface area (Å²) in [7, 11) is 3.31. The number of methoxy groups -OCH3 is 2. The van der Waals surface area contributed by atoms with E-state index >= 15 is 0 Å². The summed E-state index contributed by atoms with van der Waals surface area (Å²) in [6, 6.07) is 5.84. The molecule has 0 radical (unpaired) electrons. The van der Waals surface area contributed by atoms with Gasteiger partial charge in [0, 0.05) is 32.1 Å². The molecule has 1 aromatic carbocycles. The first-order valence-electron chi connectivity index (χ1n) is 14.3. The molecule has 0 saturated heterocycles. The standard InChI is InChI=1S/C31H55NO7/c1-20(2)24(17-23-12-13-27(37-10)28(18-23)38-15-11-14-36-9)19-26(32-30(35)39-31(6,7)8)22(5)16-25(21(3)4)29(33)34/h12-13,18,20-22,24-26,29,33-34H,11,14-17,19H2,1-10H3,(H,32,35)/t22-,24-,25-,26-/m0/s1. The third-order valence-corrected chi connectivity index (χ3v) is 7.25. The van der Waals surface area contributed by atoms with Crippen LogP contribution in [0.1, 0.15) is 80.2 Å². The molecule has 0 spiro atoms. The average molecular weight is 554 g/mol. The van der Waals surface area contributed by atoms with Crippen molar-refractivity contribution < 1.29 is 34.0 Å². The number of carbonyl (C=O) groups excluding carboxylic acids is 1. The molecule has 0 fully saturated rings. The van der Waals surface area contributed by atoms with Crippen LogP contribution in [0.2, 0.25) is 0 Å². The molecule has 8 nitrogen and oxygen atoms in total. The topological polar surface area (TPSA) is 106 Å². The number of carbonyl (C=O) groups is 1. The molecule has 0 aromatic heterocycles. The average Bonchev–Trinajstić information content (AvgIpc) is 2.82. The lowest BCUT2D eigenvalue weighted by Crippen LogP contribution is -2.45. The maximum atomic E-state index is 12.8. The fourth-order valence-electron chi connectivity index (χ4n) is 4.79. The van der Waals surface area contributed by atoms with E-state index in [1.807, 2.05) is 46.8 Å². The van der Waals surface area contributed by atoms with E-state index in [9.17, 15) is 15.0 Å². The first kappa shape index (κ1) is 35.0. The zero-order valence-corrected chi connectivity index (χ0v) is 26.0. The summed E-state index contributed by atoms with van der Waals surface area (Å²) in [5, 5.41) is 23.1. The number of hydrogen-bond donors (Lipinski definition) is 3. The molecule has 1 amide bonds. The van der Waals surface area contributed by atoms with Crippen molar-refractivity contribution in [1.29, 1.82) is 0 Å². The molecule has 0 aliphatic rings. The molecule has 1 aromatic rings. The largest absolute Gasteiger partial charge is 0.493 e. The van der Waals surface area contributed by atoms with E-state index in [2.05, 4.69) is 32.2 Å². The molecule has 39 heavy (non-hydrogen) atoms. The zero-order valence-electron chi connectivity index (χ0n) is 26.0. The smallest absolute Gasteiger partial charge is 0.407 e. The van der Waals surface area contributed by atoms with E-state index in [-0.39, 0.29) is 29.7 Å². The maximum absolute atomic E-state index is 12.8. The molecule has 0 saturated carbocycles. The van der Waals surface area contributed by atoms with Crippen LogP contribution < -0.4 is 14.8 Å². The molecule has 3 N–H and O–H groups in total. The van der Waals surface area contributed by atoms with E-state index in [0.717, 1.165) is 24.8 Å². The fraction of sp³-hybridized carbons (Fsp3) is 0.774. The van der Waals surface area contributed by atoms with E-state index in [1.165, 1.54) is 0 Å². The Kier molecular flexibility index (Phi) is 15.2. The van der Waals surface area contributed by atoms with E-state index < -0.39 is 18.0 Å². The van der Waals surface area contributed by atoms with Gasteiger partial charge in [-0.3, -0.25) is 0 Å². The van der Waals surface area contributed by atoms with Crippen molar-refractivity contribution >= 4 is 6.09 Å². The second kappa shape index (κ2) is 16.9. The lowest BCUT2D eigenvalue weighted by Gasteiger charge is -2.34. The molecule has 4 atom stereocenters. The van der Waals surface area contributed by atoms with Crippen molar-refractivity contribution in [3.05, 3.63) is 23.8 Å². The molecule has 0 heterocycles. The second-order valence-electron chi connectivity index (χ2n) is 12.4. The number of aliphatic hydroxyl groups excluding tert-OH is 1. The highest BCUT2D eigenvalue weighted by Crippen LogP contribution is 2.33. The SMILES string of the molecule is COCCCOc1cc(C[C@@H](C[C@H](NC(=O)OC(C)(C)C)[C@@H](C)C[C@@H](C(C)C)C(O)O)C(C)C)ccc1OC. The number of hydrogen-bond acceptors (Lipinski definition) is 7. The molecule has 1 rings (SSSR count). The van der Waals surface area contributed by atoms with Crippen LogP contribution >= 0.6 is 0 Å². The molecule has 8 heteroatoms.